The van der Waals surface area contributed by atoms with E-state index in [1.54, 1.807) is 25.4 Å². The number of hydrogen-bond donors (Lipinski definition) is 1. The summed E-state index contributed by atoms with van der Waals surface area (Å²) in [4.78, 5) is 14.6. The first-order valence-corrected chi connectivity index (χ1v) is 6.49. The molecule has 0 spiro atoms. The van der Waals surface area contributed by atoms with Gasteiger partial charge in [0.05, 0.1) is 16.4 Å². The second-order valence-electron chi connectivity index (χ2n) is 4.98. The number of methoxy groups -OCH3 is 1. The molecule has 1 aliphatic rings. The number of anilines is 1. The highest BCUT2D eigenvalue weighted by molar-refractivity contribution is 5.99. The summed E-state index contributed by atoms with van der Waals surface area (Å²) in [7, 11) is 1.72. The van der Waals surface area contributed by atoms with Crippen LogP contribution in [0.25, 0.3) is 10.8 Å². The predicted octanol–water partition coefficient (Wildman–Crippen LogP) is 2.73. The van der Waals surface area contributed by atoms with E-state index in [2.05, 4.69) is 10.3 Å². The van der Waals surface area contributed by atoms with Gasteiger partial charge in [-0.15, -0.1) is 0 Å². The van der Waals surface area contributed by atoms with Crippen molar-refractivity contribution in [2.24, 2.45) is 0 Å². The van der Waals surface area contributed by atoms with Gasteiger partial charge < -0.3 is 10.1 Å². The molecular weight excluding hydrogens is 258 g/mol. The number of non-ortho nitro benzene ring substituents is 1. The van der Waals surface area contributed by atoms with E-state index in [1.807, 2.05) is 0 Å². The monoisotopic (exact) mass is 273 g/mol. The van der Waals surface area contributed by atoms with E-state index in [9.17, 15) is 10.1 Å². The van der Waals surface area contributed by atoms with Crippen LogP contribution in [0.3, 0.4) is 0 Å². The van der Waals surface area contributed by atoms with Crippen LogP contribution in [-0.2, 0) is 4.74 Å². The van der Waals surface area contributed by atoms with Gasteiger partial charge in [-0.1, -0.05) is 0 Å². The molecular formula is C14H15N3O3. The summed E-state index contributed by atoms with van der Waals surface area (Å²) in [5.41, 5.74) is 0.995. The van der Waals surface area contributed by atoms with Crippen LogP contribution in [0, 0.1) is 10.1 Å². The third kappa shape index (κ3) is 2.18. The zero-order valence-electron chi connectivity index (χ0n) is 11.1. The zero-order chi connectivity index (χ0) is 14.1. The smallest absolute Gasteiger partial charge is 0.278 e. The molecule has 0 atom stereocenters. The summed E-state index contributed by atoms with van der Waals surface area (Å²) in [5.74, 6) is 0. The number of hydrogen-bond acceptors (Lipinski definition) is 5. The zero-order valence-corrected chi connectivity index (χ0v) is 11.1. The molecule has 104 valence electrons. The van der Waals surface area contributed by atoms with E-state index in [-0.39, 0.29) is 10.6 Å². The Hall–Kier alpha value is -2.21. The normalized spacial score (nSPS) is 21.4. The molecule has 0 saturated heterocycles. The topological polar surface area (TPSA) is 77.3 Å². The molecule has 1 aromatic carbocycles. The van der Waals surface area contributed by atoms with Gasteiger partial charge in [0.25, 0.3) is 5.69 Å². The summed E-state index contributed by atoms with van der Waals surface area (Å²) in [5, 5.41) is 15.8. The number of fused-ring (bicyclic) bond motifs is 1. The molecule has 0 amide bonds. The Morgan fingerprint density at radius 1 is 1.35 bits per heavy atom. The fraction of sp³-hybridized carbons (Fsp3) is 0.357. The van der Waals surface area contributed by atoms with Crippen molar-refractivity contribution in [1.82, 2.24) is 4.98 Å². The van der Waals surface area contributed by atoms with E-state index in [0.717, 1.165) is 23.9 Å². The van der Waals surface area contributed by atoms with E-state index < -0.39 is 0 Å². The average molecular weight is 273 g/mol. The van der Waals surface area contributed by atoms with Gasteiger partial charge in [0.15, 0.2) is 0 Å². The Labute approximate surface area is 115 Å². The molecule has 6 heteroatoms. The summed E-state index contributed by atoms with van der Waals surface area (Å²) < 4.78 is 5.25. The fourth-order valence-corrected chi connectivity index (χ4v) is 2.56. The Bertz CT molecular complexity index is 653. The number of nitro groups is 1. The molecule has 0 radical (unpaired) electrons. The Balaban J connectivity index is 1.92. The number of rotatable bonds is 4. The first-order chi connectivity index (χ1) is 9.69. The molecule has 1 saturated carbocycles. The van der Waals surface area contributed by atoms with E-state index in [1.165, 1.54) is 12.3 Å². The maximum absolute atomic E-state index is 11.0. The summed E-state index contributed by atoms with van der Waals surface area (Å²) in [6.07, 6.45) is 5.42. The lowest BCUT2D eigenvalue weighted by Crippen LogP contribution is -2.40. The maximum Gasteiger partial charge on any atom is 0.278 e. The second kappa shape index (κ2) is 5.05. The quantitative estimate of drug-likeness (QED) is 0.684. The molecule has 0 bridgehead atoms. The third-order valence-electron chi connectivity index (χ3n) is 3.78. The predicted molar refractivity (Wildman–Crippen MR) is 75.8 cm³/mol. The van der Waals surface area contributed by atoms with Gasteiger partial charge in [-0.25, -0.2) is 0 Å². The summed E-state index contributed by atoms with van der Waals surface area (Å²) >= 11 is 0. The lowest BCUT2D eigenvalue weighted by atomic mass is 9.89. The lowest BCUT2D eigenvalue weighted by molar-refractivity contribution is -0.383. The number of pyridine rings is 1. The van der Waals surface area contributed by atoms with Crippen LogP contribution in [-0.4, -0.2) is 29.2 Å². The average Bonchev–Trinajstić information content (AvgIpc) is 2.41. The highest BCUT2D eigenvalue weighted by atomic mass is 16.6. The molecule has 0 aliphatic heterocycles. The third-order valence-corrected chi connectivity index (χ3v) is 3.78. The van der Waals surface area contributed by atoms with Crippen LogP contribution in [0.2, 0.25) is 0 Å². The van der Waals surface area contributed by atoms with Crippen LogP contribution in [0.4, 0.5) is 11.4 Å². The van der Waals surface area contributed by atoms with Crippen LogP contribution < -0.4 is 5.32 Å². The first-order valence-electron chi connectivity index (χ1n) is 6.49. The van der Waals surface area contributed by atoms with Crippen molar-refractivity contribution in [2.75, 3.05) is 12.4 Å². The highest BCUT2D eigenvalue weighted by Gasteiger charge is 2.29. The Morgan fingerprint density at radius 3 is 2.85 bits per heavy atom. The van der Waals surface area contributed by atoms with Crippen molar-refractivity contribution < 1.29 is 9.66 Å². The van der Waals surface area contributed by atoms with Gasteiger partial charge >= 0.3 is 0 Å². The molecule has 1 heterocycles. The Kier molecular flexibility index (Phi) is 3.23. The molecule has 6 nitrogen and oxygen atoms in total. The molecule has 2 aromatic rings. The number of nitrogens with one attached hydrogen (secondary N) is 1. The number of benzene rings is 1. The minimum absolute atomic E-state index is 0.0852. The number of ether oxygens (including phenoxy) is 1. The van der Waals surface area contributed by atoms with Crippen LogP contribution in [0.1, 0.15) is 12.8 Å². The summed E-state index contributed by atoms with van der Waals surface area (Å²) in [6, 6.07) is 5.45. The van der Waals surface area contributed by atoms with Crippen molar-refractivity contribution in [1.29, 1.82) is 0 Å². The SMILES string of the molecule is COC1CC(Nc2ccc([N+](=O)[O-])c3cnccc23)C1. The standard InChI is InChI=1S/C14H15N3O3/c1-20-10-6-9(7-10)16-13-2-3-14(17(18)19)12-8-15-5-4-11(12)13/h2-5,8-10,16H,6-7H2,1H3. The lowest BCUT2D eigenvalue weighted by Gasteiger charge is -2.35. The fourth-order valence-electron chi connectivity index (χ4n) is 2.56. The van der Waals surface area contributed by atoms with E-state index in [4.69, 9.17) is 4.74 Å². The van der Waals surface area contributed by atoms with Crippen LogP contribution >= 0.6 is 0 Å². The van der Waals surface area contributed by atoms with Gasteiger partial charge in [0, 0.05) is 42.7 Å². The molecule has 1 N–H and O–H groups in total. The number of nitro benzene ring substituents is 1. The molecule has 1 aromatic heterocycles. The number of aromatic nitrogens is 1. The van der Waals surface area contributed by atoms with Gasteiger partial charge in [-0.2, -0.15) is 0 Å². The van der Waals surface area contributed by atoms with Crippen molar-refractivity contribution in [2.45, 2.75) is 25.0 Å². The van der Waals surface area contributed by atoms with Gasteiger partial charge in [-0.3, -0.25) is 15.1 Å². The van der Waals surface area contributed by atoms with Crippen LogP contribution in [0.5, 0.6) is 0 Å². The van der Waals surface area contributed by atoms with Gasteiger partial charge in [-0.05, 0) is 25.0 Å². The largest absolute Gasteiger partial charge is 0.382 e. The maximum atomic E-state index is 11.0. The molecule has 1 aliphatic carbocycles. The van der Waals surface area contributed by atoms with Crippen molar-refractivity contribution >= 4 is 22.1 Å². The van der Waals surface area contributed by atoms with Crippen molar-refractivity contribution in [3.8, 4) is 0 Å². The molecule has 1 fully saturated rings. The minimum atomic E-state index is -0.377. The van der Waals surface area contributed by atoms with Gasteiger partial charge in [0.2, 0.25) is 0 Å². The highest BCUT2D eigenvalue weighted by Crippen LogP contribution is 2.33. The first kappa shape index (κ1) is 12.8. The van der Waals surface area contributed by atoms with Gasteiger partial charge in [0.1, 0.15) is 0 Å². The minimum Gasteiger partial charge on any atom is -0.382 e. The number of nitrogens with zero attached hydrogens (tertiary/aromatic N) is 2. The molecule has 0 unspecified atom stereocenters. The summed E-state index contributed by atoms with van der Waals surface area (Å²) in [6.45, 7) is 0. The van der Waals surface area contributed by atoms with E-state index in [0.29, 0.717) is 17.5 Å². The Morgan fingerprint density at radius 2 is 2.15 bits per heavy atom. The van der Waals surface area contributed by atoms with Crippen molar-refractivity contribution in [3.05, 3.63) is 40.7 Å². The molecule has 20 heavy (non-hydrogen) atoms. The van der Waals surface area contributed by atoms with E-state index >= 15 is 0 Å². The molecule has 3 rings (SSSR count). The van der Waals surface area contributed by atoms with Crippen LogP contribution in [0.15, 0.2) is 30.6 Å². The second-order valence-corrected chi connectivity index (χ2v) is 4.98. The van der Waals surface area contributed by atoms with Crippen molar-refractivity contribution in [3.63, 3.8) is 0 Å².